The van der Waals surface area contributed by atoms with E-state index in [9.17, 15) is 14.0 Å². The van der Waals surface area contributed by atoms with E-state index in [4.69, 9.17) is 0 Å². The van der Waals surface area contributed by atoms with Crippen LogP contribution < -0.4 is 10.6 Å². The number of halogens is 1. The Balaban J connectivity index is 2.51. The predicted octanol–water partition coefficient (Wildman–Crippen LogP) is 0.824. The lowest BCUT2D eigenvalue weighted by atomic mass is 10.1. The Morgan fingerprint density at radius 2 is 1.87 bits per heavy atom. The van der Waals surface area contributed by atoms with Crippen molar-refractivity contribution in [3.63, 3.8) is 0 Å². The molecule has 80 valence electrons. The summed E-state index contributed by atoms with van der Waals surface area (Å²) in [5, 5.41) is 4.37. The molecule has 1 rings (SSSR count). The Bertz CT molecular complexity index is 362. The minimum atomic E-state index is -0.554. The first-order valence-corrected chi connectivity index (χ1v) is 4.38. The summed E-state index contributed by atoms with van der Waals surface area (Å²) < 4.78 is 12.5. The molecule has 1 aromatic carbocycles. The first-order valence-electron chi connectivity index (χ1n) is 4.38. The number of imide groups is 1. The molecule has 0 heterocycles. The van der Waals surface area contributed by atoms with Crippen LogP contribution in [0.1, 0.15) is 5.56 Å². The van der Waals surface area contributed by atoms with Crippen LogP contribution >= 0.6 is 0 Å². The summed E-state index contributed by atoms with van der Waals surface area (Å²) in [6.45, 7) is 0. The van der Waals surface area contributed by atoms with Gasteiger partial charge in [-0.15, -0.1) is 0 Å². The Labute approximate surface area is 86.5 Å². The third-order valence-electron chi connectivity index (χ3n) is 1.76. The van der Waals surface area contributed by atoms with Gasteiger partial charge >= 0.3 is 6.03 Å². The minimum absolute atomic E-state index is 0.0493. The third kappa shape index (κ3) is 3.76. The number of carbonyl (C=O) groups excluding carboxylic acids is 2. The van der Waals surface area contributed by atoms with Gasteiger partial charge in [-0.25, -0.2) is 9.18 Å². The molecular weight excluding hydrogens is 199 g/mol. The van der Waals surface area contributed by atoms with Crippen LogP contribution in [0.2, 0.25) is 0 Å². The predicted molar refractivity (Wildman–Crippen MR) is 52.7 cm³/mol. The molecule has 0 unspecified atom stereocenters. The van der Waals surface area contributed by atoms with Crippen molar-refractivity contribution < 1.29 is 14.0 Å². The van der Waals surface area contributed by atoms with Crippen molar-refractivity contribution in [2.24, 2.45) is 0 Å². The van der Waals surface area contributed by atoms with Crippen molar-refractivity contribution in [1.82, 2.24) is 10.6 Å². The minimum Gasteiger partial charge on any atom is -0.341 e. The van der Waals surface area contributed by atoms with E-state index in [-0.39, 0.29) is 12.2 Å². The van der Waals surface area contributed by atoms with Crippen molar-refractivity contribution in [3.05, 3.63) is 35.6 Å². The van der Waals surface area contributed by atoms with Crippen LogP contribution in [0, 0.1) is 5.82 Å². The maximum Gasteiger partial charge on any atom is 0.321 e. The van der Waals surface area contributed by atoms with E-state index in [0.29, 0.717) is 5.56 Å². The number of nitrogens with one attached hydrogen (secondary N) is 2. The summed E-state index contributed by atoms with van der Waals surface area (Å²) in [6, 6.07) is 4.98. The van der Waals surface area contributed by atoms with Crippen molar-refractivity contribution in [1.29, 1.82) is 0 Å². The van der Waals surface area contributed by atoms with Crippen LogP contribution in [0.5, 0.6) is 0 Å². The third-order valence-corrected chi connectivity index (χ3v) is 1.76. The fourth-order valence-electron chi connectivity index (χ4n) is 1.02. The Morgan fingerprint density at radius 3 is 2.40 bits per heavy atom. The number of benzene rings is 1. The summed E-state index contributed by atoms with van der Waals surface area (Å²) in [4.78, 5) is 22.0. The van der Waals surface area contributed by atoms with Crippen LogP contribution in [-0.4, -0.2) is 19.0 Å². The topological polar surface area (TPSA) is 58.2 Å². The molecule has 0 radical (unpaired) electrons. The molecule has 0 bridgehead atoms. The number of hydrogen-bond acceptors (Lipinski definition) is 2. The average Bonchev–Trinajstić information content (AvgIpc) is 2.21. The fourth-order valence-corrected chi connectivity index (χ4v) is 1.02. The molecular formula is C10H11FN2O2. The molecule has 0 saturated carbocycles. The van der Waals surface area contributed by atoms with E-state index in [0.717, 1.165) is 0 Å². The van der Waals surface area contributed by atoms with Gasteiger partial charge in [0.1, 0.15) is 5.82 Å². The SMILES string of the molecule is CNC(=O)NC(=O)Cc1ccc(F)cc1. The maximum absolute atomic E-state index is 12.5. The molecule has 4 nitrogen and oxygen atoms in total. The van der Waals surface area contributed by atoms with Gasteiger partial charge < -0.3 is 5.32 Å². The summed E-state index contributed by atoms with van der Waals surface area (Å²) in [5.41, 5.74) is 0.651. The second-order valence-corrected chi connectivity index (χ2v) is 2.93. The Morgan fingerprint density at radius 1 is 1.27 bits per heavy atom. The van der Waals surface area contributed by atoms with Gasteiger partial charge in [0.15, 0.2) is 0 Å². The van der Waals surface area contributed by atoms with Gasteiger partial charge in [0.25, 0.3) is 0 Å². The van der Waals surface area contributed by atoms with E-state index in [2.05, 4.69) is 10.6 Å². The number of urea groups is 1. The van der Waals surface area contributed by atoms with Crippen molar-refractivity contribution >= 4 is 11.9 Å². The second kappa shape index (κ2) is 5.09. The summed E-state index contributed by atoms with van der Waals surface area (Å²) in [6.07, 6.45) is 0.0493. The highest BCUT2D eigenvalue weighted by molar-refractivity contribution is 5.95. The van der Waals surface area contributed by atoms with Gasteiger partial charge in [-0.05, 0) is 17.7 Å². The van der Waals surface area contributed by atoms with Crippen molar-refractivity contribution in [2.45, 2.75) is 6.42 Å². The van der Waals surface area contributed by atoms with E-state index in [1.807, 2.05) is 0 Å². The molecule has 0 atom stereocenters. The van der Waals surface area contributed by atoms with Crippen LogP contribution in [0.25, 0.3) is 0 Å². The Hall–Kier alpha value is -1.91. The summed E-state index contributed by atoms with van der Waals surface area (Å²) in [7, 11) is 1.42. The lowest BCUT2D eigenvalue weighted by Gasteiger charge is -2.02. The quantitative estimate of drug-likeness (QED) is 0.759. The Kier molecular flexibility index (Phi) is 3.79. The summed E-state index contributed by atoms with van der Waals surface area (Å²) in [5.74, 6) is -0.786. The van der Waals surface area contributed by atoms with E-state index >= 15 is 0 Å². The highest BCUT2D eigenvalue weighted by Gasteiger charge is 2.06. The van der Waals surface area contributed by atoms with Crippen molar-refractivity contribution in [2.75, 3.05) is 7.05 Å². The van der Waals surface area contributed by atoms with Gasteiger partial charge in [-0.3, -0.25) is 10.1 Å². The van der Waals surface area contributed by atoms with Crippen molar-refractivity contribution in [3.8, 4) is 0 Å². The van der Waals surface area contributed by atoms with Crippen LogP contribution in [0.3, 0.4) is 0 Å². The number of amides is 3. The largest absolute Gasteiger partial charge is 0.341 e. The monoisotopic (exact) mass is 210 g/mol. The molecule has 0 fully saturated rings. The molecule has 1 aromatic rings. The normalized spacial score (nSPS) is 9.47. The lowest BCUT2D eigenvalue weighted by Crippen LogP contribution is -2.38. The molecule has 2 N–H and O–H groups in total. The molecule has 0 aliphatic rings. The molecule has 0 aromatic heterocycles. The average molecular weight is 210 g/mol. The second-order valence-electron chi connectivity index (χ2n) is 2.93. The van der Waals surface area contributed by atoms with Gasteiger partial charge in [-0.2, -0.15) is 0 Å². The number of carbonyl (C=O) groups is 2. The van der Waals surface area contributed by atoms with E-state index < -0.39 is 11.9 Å². The maximum atomic E-state index is 12.5. The van der Waals surface area contributed by atoms with E-state index in [1.54, 1.807) is 0 Å². The molecule has 0 spiro atoms. The van der Waals surface area contributed by atoms with Gasteiger partial charge in [0.2, 0.25) is 5.91 Å². The zero-order valence-corrected chi connectivity index (χ0v) is 8.21. The zero-order chi connectivity index (χ0) is 11.3. The molecule has 5 heteroatoms. The van der Waals surface area contributed by atoms with Gasteiger partial charge in [0, 0.05) is 7.05 Å². The summed E-state index contributed by atoms with van der Waals surface area (Å²) >= 11 is 0. The van der Waals surface area contributed by atoms with Crippen LogP contribution in [-0.2, 0) is 11.2 Å². The first kappa shape index (κ1) is 11.2. The first-order chi connectivity index (χ1) is 7.11. The lowest BCUT2D eigenvalue weighted by molar-refractivity contribution is -0.119. The number of rotatable bonds is 2. The smallest absolute Gasteiger partial charge is 0.321 e. The highest BCUT2D eigenvalue weighted by atomic mass is 19.1. The van der Waals surface area contributed by atoms with Gasteiger partial charge in [0.05, 0.1) is 6.42 Å². The zero-order valence-electron chi connectivity index (χ0n) is 8.21. The molecule has 0 aliphatic carbocycles. The highest BCUT2D eigenvalue weighted by Crippen LogP contribution is 2.03. The van der Waals surface area contributed by atoms with E-state index in [1.165, 1.54) is 31.3 Å². The van der Waals surface area contributed by atoms with Crippen LogP contribution in [0.15, 0.2) is 24.3 Å². The molecule has 0 aliphatic heterocycles. The molecule has 15 heavy (non-hydrogen) atoms. The fraction of sp³-hybridized carbons (Fsp3) is 0.200. The molecule has 0 saturated heterocycles. The van der Waals surface area contributed by atoms with Crippen LogP contribution in [0.4, 0.5) is 9.18 Å². The number of hydrogen-bond donors (Lipinski definition) is 2. The van der Waals surface area contributed by atoms with Gasteiger partial charge in [-0.1, -0.05) is 12.1 Å². The molecule has 3 amide bonds. The standard InChI is InChI=1S/C10H11FN2O2/c1-12-10(15)13-9(14)6-7-2-4-8(11)5-3-7/h2-5H,6H2,1H3,(H2,12,13,14,15).